The minimum absolute atomic E-state index is 0.110. The maximum atomic E-state index is 13.1. The lowest BCUT2D eigenvalue weighted by molar-refractivity contribution is 0.102. The molecule has 5 rings (SSSR count). The normalized spacial score (nSPS) is 17.2. The molecule has 1 aliphatic heterocycles. The van der Waals surface area contributed by atoms with Crippen LogP contribution in [0.3, 0.4) is 0 Å². The highest BCUT2D eigenvalue weighted by Gasteiger charge is 2.36. The fourth-order valence-corrected chi connectivity index (χ4v) is 4.14. The summed E-state index contributed by atoms with van der Waals surface area (Å²) in [5.41, 5.74) is 3.06. The smallest absolute Gasteiger partial charge is 0.261 e. The van der Waals surface area contributed by atoms with E-state index < -0.39 is 0 Å². The van der Waals surface area contributed by atoms with E-state index in [1.54, 1.807) is 12.4 Å². The summed E-state index contributed by atoms with van der Waals surface area (Å²) in [7, 11) is 0. The lowest BCUT2D eigenvalue weighted by Gasteiger charge is -2.38. The van der Waals surface area contributed by atoms with Gasteiger partial charge in [0.05, 0.1) is 35.2 Å². The van der Waals surface area contributed by atoms with Gasteiger partial charge in [0.25, 0.3) is 5.91 Å². The second-order valence-electron chi connectivity index (χ2n) is 8.31. The van der Waals surface area contributed by atoms with Crippen molar-refractivity contribution in [3.63, 3.8) is 0 Å². The van der Waals surface area contributed by atoms with Gasteiger partial charge in [-0.2, -0.15) is 5.10 Å². The van der Waals surface area contributed by atoms with Gasteiger partial charge in [-0.15, -0.1) is 0 Å². The van der Waals surface area contributed by atoms with E-state index in [-0.39, 0.29) is 17.5 Å². The number of nitrogens with one attached hydrogen (secondary N) is 2. The lowest BCUT2D eigenvalue weighted by atomic mass is 9.89. The van der Waals surface area contributed by atoms with Crippen LogP contribution in [0.5, 0.6) is 0 Å². The maximum Gasteiger partial charge on any atom is 0.261 e. The van der Waals surface area contributed by atoms with E-state index in [0.29, 0.717) is 11.3 Å². The third-order valence-corrected chi connectivity index (χ3v) is 5.65. The molecular weight excluding hydrogens is 374 g/mol. The number of nitrogens with zero attached hydrogens (tertiary/aromatic N) is 3. The molecule has 4 aromatic rings. The molecule has 30 heavy (non-hydrogen) atoms. The number of carbonyl (C=O) groups is 1. The molecule has 0 saturated carbocycles. The van der Waals surface area contributed by atoms with Crippen LogP contribution in [0.4, 0.5) is 11.5 Å². The minimum atomic E-state index is -0.218. The third kappa shape index (κ3) is 3.20. The highest BCUT2D eigenvalue weighted by molar-refractivity contribution is 6.08. The summed E-state index contributed by atoms with van der Waals surface area (Å²) < 4.78 is 1.92. The van der Waals surface area contributed by atoms with Crippen molar-refractivity contribution in [2.24, 2.45) is 0 Å². The van der Waals surface area contributed by atoms with Gasteiger partial charge in [0.15, 0.2) is 0 Å². The van der Waals surface area contributed by atoms with E-state index in [4.69, 9.17) is 0 Å². The Bertz CT molecular complexity index is 1230. The molecule has 150 valence electrons. The van der Waals surface area contributed by atoms with Crippen LogP contribution in [-0.4, -0.2) is 20.7 Å². The zero-order valence-corrected chi connectivity index (χ0v) is 17.0. The quantitative estimate of drug-likeness (QED) is 0.512. The van der Waals surface area contributed by atoms with E-state index in [0.717, 1.165) is 23.1 Å². The van der Waals surface area contributed by atoms with Crippen molar-refractivity contribution in [3.8, 4) is 0 Å². The molecule has 0 fully saturated rings. The number of benzene rings is 2. The SMILES string of the molecule is CC1(C)CC(c2ccccc2)Nc2c(C(=O)Nc3cnc4ccccc4c3)cnn21. The molecule has 1 unspecified atom stereocenters. The number of rotatable bonds is 3. The van der Waals surface area contributed by atoms with Gasteiger partial charge in [0, 0.05) is 5.39 Å². The molecule has 2 N–H and O–H groups in total. The van der Waals surface area contributed by atoms with Gasteiger partial charge in [-0.1, -0.05) is 48.5 Å². The number of anilines is 2. The Hall–Kier alpha value is -3.67. The summed E-state index contributed by atoms with van der Waals surface area (Å²) in [6.07, 6.45) is 4.20. The van der Waals surface area contributed by atoms with Crippen LogP contribution in [0.25, 0.3) is 10.9 Å². The van der Waals surface area contributed by atoms with E-state index in [9.17, 15) is 4.79 Å². The Morgan fingerprint density at radius 1 is 1.10 bits per heavy atom. The highest BCUT2D eigenvalue weighted by atomic mass is 16.1. The Morgan fingerprint density at radius 2 is 1.87 bits per heavy atom. The maximum absolute atomic E-state index is 13.1. The fourth-order valence-electron chi connectivity index (χ4n) is 4.14. The van der Waals surface area contributed by atoms with Crippen LogP contribution in [0, 0.1) is 0 Å². The van der Waals surface area contributed by atoms with Gasteiger partial charge >= 0.3 is 0 Å². The molecular formula is C24H23N5O. The first-order valence-electron chi connectivity index (χ1n) is 10.1. The van der Waals surface area contributed by atoms with Crippen LogP contribution in [0.1, 0.15) is 42.2 Å². The van der Waals surface area contributed by atoms with Crippen molar-refractivity contribution >= 4 is 28.3 Å². The Morgan fingerprint density at radius 3 is 2.70 bits per heavy atom. The number of fused-ring (bicyclic) bond motifs is 2. The Balaban J connectivity index is 1.46. The van der Waals surface area contributed by atoms with Crippen LogP contribution in [0.15, 0.2) is 73.1 Å². The number of carbonyl (C=O) groups excluding carboxylic acids is 1. The van der Waals surface area contributed by atoms with Crippen LogP contribution in [-0.2, 0) is 5.54 Å². The molecule has 2 aromatic carbocycles. The van der Waals surface area contributed by atoms with Crippen molar-refractivity contribution in [1.29, 1.82) is 0 Å². The predicted molar refractivity (Wildman–Crippen MR) is 119 cm³/mol. The summed E-state index contributed by atoms with van der Waals surface area (Å²) in [4.78, 5) is 17.5. The first kappa shape index (κ1) is 18.4. The molecule has 2 aromatic heterocycles. The molecule has 1 amide bonds. The van der Waals surface area contributed by atoms with Gasteiger partial charge in [0.1, 0.15) is 11.4 Å². The van der Waals surface area contributed by atoms with Crippen molar-refractivity contribution in [2.45, 2.75) is 31.8 Å². The van der Waals surface area contributed by atoms with E-state index in [1.165, 1.54) is 5.56 Å². The van der Waals surface area contributed by atoms with Gasteiger partial charge in [0.2, 0.25) is 0 Å². The molecule has 0 bridgehead atoms. The lowest BCUT2D eigenvalue weighted by Crippen LogP contribution is -2.38. The first-order valence-corrected chi connectivity index (χ1v) is 10.1. The summed E-state index contributed by atoms with van der Waals surface area (Å²) in [5.74, 6) is 0.539. The summed E-state index contributed by atoms with van der Waals surface area (Å²) in [6.45, 7) is 4.30. The van der Waals surface area contributed by atoms with Gasteiger partial charge in [-0.25, -0.2) is 4.68 Å². The van der Waals surface area contributed by atoms with Gasteiger partial charge < -0.3 is 10.6 Å². The third-order valence-electron chi connectivity index (χ3n) is 5.65. The second-order valence-corrected chi connectivity index (χ2v) is 8.31. The molecule has 3 heterocycles. The fraction of sp³-hybridized carbons (Fsp3) is 0.208. The molecule has 0 spiro atoms. The van der Waals surface area contributed by atoms with E-state index in [2.05, 4.69) is 46.7 Å². The van der Waals surface area contributed by atoms with Crippen molar-refractivity contribution < 1.29 is 4.79 Å². The van der Waals surface area contributed by atoms with E-state index >= 15 is 0 Å². The summed E-state index contributed by atoms with van der Waals surface area (Å²) >= 11 is 0. The van der Waals surface area contributed by atoms with Crippen LogP contribution < -0.4 is 10.6 Å². The average molecular weight is 397 g/mol. The zero-order valence-electron chi connectivity index (χ0n) is 17.0. The number of aromatic nitrogens is 3. The Kier molecular flexibility index (Phi) is 4.28. The minimum Gasteiger partial charge on any atom is -0.363 e. The number of hydrogen-bond acceptors (Lipinski definition) is 4. The molecule has 6 nitrogen and oxygen atoms in total. The zero-order chi connectivity index (χ0) is 20.7. The predicted octanol–water partition coefficient (Wildman–Crippen LogP) is 4.98. The summed E-state index contributed by atoms with van der Waals surface area (Å²) in [6, 6.07) is 20.2. The molecule has 0 saturated heterocycles. The summed E-state index contributed by atoms with van der Waals surface area (Å²) in [5, 5.41) is 12.0. The van der Waals surface area contributed by atoms with Crippen molar-refractivity contribution in [3.05, 3.63) is 84.2 Å². The molecule has 0 radical (unpaired) electrons. The number of amides is 1. The number of para-hydroxylation sites is 1. The van der Waals surface area contributed by atoms with Crippen molar-refractivity contribution in [2.75, 3.05) is 10.6 Å². The topological polar surface area (TPSA) is 71.8 Å². The van der Waals surface area contributed by atoms with Crippen molar-refractivity contribution in [1.82, 2.24) is 14.8 Å². The highest BCUT2D eigenvalue weighted by Crippen LogP contribution is 2.40. The molecule has 6 heteroatoms. The first-order chi connectivity index (χ1) is 14.5. The van der Waals surface area contributed by atoms with Crippen LogP contribution in [0.2, 0.25) is 0 Å². The molecule has 1 aliphatic rings. The average Bonchev–Trinajstić information content (AvgIpc) is 3.19. The number of hydrogen-bond donors (Lipinski definition) is 2. The molecule has 1 atom stereocenters. The van der Waals surface area contributed by atoms with E-state index in [1.807, 2.05) is 53.2 Å². The largest absolute Gasteiger partial charge is 0.363 e. The second kappa shape index (κ2) is 6.99. The monoisotopic (exact) mass is 397 g/mol. The molecule has 0 aliphatic carbocycles. The van der Waals surface area contributed by atoms with Gasteiger partial charge in [-0.3, -0.25) is 9.78 Å². The van der Waals surface area contributed by atoms with Gasteiger partial charge in [-0.05, 0) is 38.0 Å². The number of pyridine rings is 1. The Labute approximate surface area is 174 Å². The van der Waals surface area contributed by atoms with Crippen LogP contribution >= 0.6 is 0 Å². The standard InChI is InChI=1S/C24H23N5O/c1-24(2)13-21(16-8-4-3-5-9-16)28-22-19(15-26-29(22)24)23(30)27-18-12-17-10-6-7-11-20(17)25-14-18/h3-12,14-15,21,28H,13H2,1-2H3,(H,27,30).